The van der Waals surface area contributed by atoms with E-state index in [1.54, 1.807) is 34.4 Å². The fourth-order valence-corrected chi connectivity index (χ4v) is 4.99. The number of anilines is 1. The first-order valence-corrected chi connectivity index (χ1v) is 10.3. The maximum absolute atomic E-state index is 13.1. The Balaban J connectivity index is 1.52. The highest BCUT2D eigenvalue weighted by molar-refractivity contribution is 7.10. The molecule has 4 nitrogen and oxygen atoms in total. The number of carbonyl (C=O) groups is 2. The molecule has 26 heavy (non-hydrogen) atoms. The second kappa shape index (κ2) is 7.22. The third-order valence-electron chi connectivity index (χ3n) is 5.13. The first kappa shape index (κ1) is 17.8. The summed E-state index contributed by atoms with van der Waals surface area (Å²) >= 11 is 13.7. The van der Waals surface area contributed by atoms with Crippen LogP contribution in [0.4, 0.5) is 5.69 Å². The molecule has 1 aromatic carbocycles. The average molecular weight is 409 g/mol. The molecule has 0 saturated carbocycles. The molecule has 2 aliphatic heterocycles. The number of amides is 2. The van der Waals surface area contributed by atoms with Gasteiger partial charge >= 0.3 is 0 Å². The van der Waals surface area contributed by atoms with Crippen molar-refractivity contribution in [3.05, 3.63) is 50.6 Å². The van der Waals surface area contributed by atoms with Gasteiger partial charge in [0, 0.05) is 23.7 Å². The normalized spacial score (nSPS) is 23.1. The molecule has 7 heteroatoms. The molecule has 136 valence electrons. The molecular formula is C19H18Cl2N2O2S. The second-order valence-corrected chi connectivity index (χ2v) is 8.43. The van der Waals surface area contributed by atoms with E-state index < -0.39 is 5.92 Å². The zero-order chi connectivity index (χ0) is 18.3. The van der Waals surface area contributed by atoms with E-state index in [1.165, 1.54) is 4.88 Å². The predicted molar refractivity (Wildman–Crippen MR) is 105 cm³/mol. The van der Waals surface area contributed by atoms with Gasteiger partial charge in [-0.1, -0.05) is 29.3 Å². The zero-order valence-electron chi connectivity index (χ0n) is 14.0. The maximum Gasteiger partial charge on any atom is 0.239 e. The van der Waals surface area contributed by atoms with Gasteiger partial charge in [-0.25, -0.2) is 0 Å². The standard InChI is InChI=1S/C19H18Cl2N2O2S/c20-14-6-5-12(11-15(14)21)22-9-7-13(18(22)24)19(25)23-8-1-3-16(23)17-4-2-10-26-17/h2,4-6,10-11,13,16H,1,3,7-9H2/t13-,16+/m1/s1. The Hall–Kier alpha value is -1.56. The van der Waals surface area contributed by atoms with E-state index in [2.05, 4.69) is 6.07 Å². The predicted octanol–water partition coefficient (Wildman–Crippen LogP) is 4.77. The Bertz CT molecular complexity index is 840. The Kier molecular flexibility index (Phi) is 4.95. The molecule has 0 radical (unpaired) electrons. The zero-order valence-corrected chi connectivity index (χ0v) is 16.4. The van der Waals surface area contributed by atoms with E-state index in [0.29, 0.717) is 28.7 Å². The number of rotatable bonds is 3. The van der Waals surface area contributed by atoms with Gasteiger partial charge in [-0.3, -0.25) is 9.59 Å². The number of halogens is 2. The fourth-order valence-electron chi connectivity index (χ4n) is 3.83. The number of hydrogen-bond donors (Lipinski definition) is 0. The third kappa shape index (κ3) is 3.13. The van der Waals surface area contributed by atoms with Gasteiger partial charge < -0.3 is 9.80 Å². The number of hydrogen-bond acceptors (Lipinski definition) is 3. The molecule has 2 amide bonds. The van der Waals surface area contributed by atoms with Crippen LogP contribution in [0.1, 0.15) is 30.2 Å². The van der Waals surface area contributed by atoms with Crippen molar-refractivity contribution in [1.29, 1.82) is 0 Å². The lowest BCUT2D eigenvalue weighted by Gasteiger charge is -2.26. The third-order valence-corrected chi connectivity index (χ3v) is 6.84. The van der Waals surface area contributed by atoms with Crippen LogP contribution in [0, 0.1) is 5.92 Å². The van der Waals surface area contributed by atoms with Crippen LogP contribution in [0.2, 0.25) is 10.0 Å². The lowest BCUT2D eigenvalue weighted by atomic mass is 10.1. The average Bonchev–Trinajstić information content (AvgIpc) is 3.36. The van der Waals surface area contributed by atoms with Crippen LogP contribution in [-0.2, 0) is 9.59 Å². The first-order chi connectivity index (χ1) is 12.6. The Morgan fingerprint density at radius 1 is 1.12 bits per heavy atom. The quantitative estimate of drug-likeness (QED) is 0.686. The van der Waals surface area contributed by atoms with E-state index in [-0.39, 0.29) is 17.9 Å². The molecule has 3 heterocycles. The summed E-state index contributed by atoms with van der Waals surface area (Å²) in [5.41, 5.74) is 0.691. The van der Waals surface area contributed by atoms with Gasteiger partial charge in [-0.15, -0.1) is 11.3 Å². The van der Waals surface area contributed by atoms with Gasteiger partial charge in [0.1, 0.15) is 5.92 Å². The van der Waals surface area contributed by atoms with Crippen LogP contribution >= 0.6 is 34.5 Å². The minimum Gasteiger partial charge on any atom is -0.334 e. The summed E-state index contributed by atoms with van der Waals surface area (Å²) in [7, 11) is 0. The number of nitrogens with zero attached hydrogens (tertiary/aromatic N) is 2. The Morgan fingerprint density at radius 3 is 2.69 bits per heavy atom. The van der Waals surface area contributed by atoms with Crippen LogP contribution in [0.5, 0.6) is 0 Å². The van der Waals surface area contributed by atoms with E-state index in [4.69, 9.17) is 23.2 Å². The first-order valence-electron chi connectivity index (χ1n) is 8.66. The molecule has 2 fully saturated rings. The van der Waals surface area contributed by atoms with Gasteiger partial charge in [0.05, 0.1) is 16.1 Å². The lowest BCUT2D eigenvalue weighted by Crippen LogP contribution is -2.39. The second-order valence-electron chi connectivity index (χ2n) is 6.63. The minimum atomic E-state index is -0.606. The maximum atomic E-state index is 13.1. The summed E-state index contributed by atoms with van der Waals surface area (Å²) in [6.45, 7) is 1.24. The summed E-state index contributed by atoms with van der Waals surface area (Å²) < 4.78 is 0. The molecule has 2 aliphatic rings. The smallest absolute Gasteiger partial charge is 0.239 e. The van der Waals surface area contributed by atoms with Crippen molar-refractivity contribution in [2.75, 3.05) is 18.0 Å². The lowest BCUT2D eigenvalue weighted by molar-refractivity contribution is -0.140. The van der Waals surface area contributed by atoms with Crippen LogP contribution in [0.15, 0.2) is 35.7 Å². The van der Waals surface area contributed by atoms with Gasteiger partial charge in [0.2, 0.25) is 11.8 Å². The highest BCUT2D eigenvalue weighted by Gasteiger charge is 2.42. The molecule has 0 bridgehead atoms. The van der Waals surface area contributed by atoms with Crippen molar-refractivity contribution in [2.45, 2.75) is 25.3 Å². The SMILES string of the molecule is O=C1[C@H](C(=O)N2CCC[C@H]2c2cccs2)CCN1c1ccc(Cl)c(Cl)c1. The largest absolute Gasteiger partial charge is 0.334 e. The topological polar surface area (TPSA) is 40.6 Å². The highest BCUT2D eigenvalue weighted by atomic mass is 35.5. The van der Waals surface area contributed by atoms with Gasteiger partial charge in [-0.05, 0) is 48.9 Å². The van der Waals surface area contributed by atoms with Crippen molar-refractivity contribution in [3.8, 4) is 0 Å². The molecule has 2 saturated heterocycles. The minimum absolute atomic E-state index is 0.0477. The monoisotopic (exact) mass is 408 g/mol. The van der Waals surface area contributed by atoms with Crippen LogP contribution < -0.4 is 4.90 Å². The molecule has 0 unspecified atom stereocenters. The fraction of sp³-hybridized carbons (Fsp3) is 0.368. The molecule has 0 N–H and O–H groups in total. The van der Waals surface area contributed by atoms with E-state index in [9.17, 15) is 9.59 Å². The van der Waals surface area contributed by atoms with Crippen molar-refractivity contribution in [3.63, 3.8) is 0 Å². The summed E-state index contributed by atoms with van der Waals surface area (Å²) in [5.74, 6) is -0.802. The number of benzene rings is 1. The highest BCUT2D eigenvalue weighted by Crippen LogP contribution is 2.37. The Labute approximate surface area is 166 Å². The van der Waals surface area contributed by atoms with Crippen molar-refractivity contribution < 1.29 is 9.59 Å². The molecule has 2 aromatic rings. The molecule has 4 rings (SSSR count). The molecule has 0 spiro atoms. The van der Waals surface area contributed by atoms with E-state index >= 15 is 0 Å². The molecule has 2 atom stereocenters. The summed E-state index contributed by atoms with van der Waals surface area (Å²) in [4.78, 5) is 30.7. The summed E-state index contributed by atoms with van der Waals surface area (Å²) in [5, 5.41) is 2.89. The van der Waals surface area contributed by atoms with Crippen molar-refractivity contribution >= 4 is 52.0 Å². The number of likely N-dealkylation sites (tertiary alicyclic amines) is 1. The van der Waals surface area contributed by atoms with Crippen LogP contribution in [0.25, 0.3) is 0 Å². The molecular weight excluding hydrogens is 391 g/mol. The van der Waals surface area contributed by atoms with Crippen LogP contribution in [-0.4, -0.2) is 29.8 Å². The molecule has 1 aromatic heterocycles. The summed E-state index contributed by atoms with van der Waals surface area (Å²) in [6, 6.07) is 9.30. The van der Waals surface area contributed by atoms with Gasteiger partial charge in [0.25, 0.3) is 0 Å². The number of thiophene rings is 1. The Morgan fingerprint density at radius 2 is 1.96 bits per heavy atom. The van der Waals surface area contributed by atoms with E-state index in [0.717, 1.165) is 19.4 Å². The van der Waals surface area contributed by atoms with Crippen molar-refractivity contribution in [2.24, 2.45) is 5.92 Å². The van der Waals surface area contributed by atoms with Gasteiger partial charge in [-0.2, -0.15) is 0 Å². The summed E-state index contributed by atoms with van der Waals surface area (Å²) in [6.07, 6.45) is 2.47. The van der Waals surface area contributed by atoms with Crippen molar-refractivity contribution in [1.82, 2.24) is 4.90 Å². The molecule has 0 aliphatic carbocycles. The van der Waals surface area contributed by atoms with Crippen LogP contribution in [0.3, 0.4) is 0 Å². The van der Waals surface area contributed by atoms with Gasteiger partial charge in [0.15, 0.2) is 0 Å². The number of carbonyl (C=O) groups excluding carboxylic acids is 2. The van der Waals surface area contributed by atoms with E-state index in [1.807, 2.05) is 16.3 Å².